The maximum Gasteiger partial charge on any atom is 0.278 e. The number of hydrogen-bond donors (Lipinski definition) is 1. The number of carbonyl (C=O) groups is 2. The van der Waals surface area contributed by atoms with E-state index in [-0.39, 0.29) is 17.4 Å². The number of rotatable bonds is 4. The van der Waals surface area contributed by atoms with Crippen LogP contribution in [-0.2, 0) is 12.0 Å². The third-order valence-corrected chi connectivity index (χ3v) is 3.61. The average molecular weight is 343 g/mol. The van der Waals surface area contributed by atoms with Crippen LogP contribution in [0.3, 0.4) is 0 Å². The summed E-state index contributed by atoms with van der Waals surface area (Å²) in [6.07, 6.45) is 0.609. The molecule has 2 rings (SSSR count). The second-order valence-electron chi connectivity index (χ2n) is 7.04. The van der Waals surface area contributed by atoms with Gasteiger partial charge in [0, 0.05) is 25.3 Å². The van der Waals surface area contributed by atoms with E-state index < -0.39 is 0 Å². The van der Waals surface area contributed by atoms with Crippen molar-refractivity contribution in [3.63, 3.8) is 0 Å². The minimum Gasteiger partial charge on any atom is -0.345 e. The number of aromatic nitrogens is 3. The van der Waals surface area contributed by atoms with Gasteiger partial charge in [0.15, 0.2) is 5.69 Å². The van der Waals surface area contributed by atoms with E-state index in [9.17, 15) is 9.59 Å². The molecule has 0 unspecified atom stereocenters. The van der Waals surface area contributed by atoms with Gasteiger partial charge in [0.2, 0.25) is 0 Å². The van der Waals surface area contributed by atoms with E-state index in [0.717, 1.165) is 0 Å². The van der Waals surface area contributed by atoms with Crippen molar-refractivity contribution in [1.29, 1.82) is 0 Å². The molecule has 7 nitrogen and oxygen atoms in total. The predicted octanol–water partition coefficient (Wildman–Crippen LogP) is 2.55. The van der Waals surface area contributed by atoms with Gasteiger partial charge >= 0.3 is 0 Å². The van der Waals surface area contributed by atoms with Crippen LogP contribution in [0.25, 0.3) is 0 Å². The Morgan fingerprint density at radius 3 is 2.44 bits per heavy atom. The Kier molecular flexibility index (Phi) is 5.25. The standard InChI is InChI=1S/C18H25N5O2/c1-7-14-15(21-23(20-14)18(2,3)4)16(24)19-13-10-8-9-12(11-13)17(25)22(5)6/h8-11H,7H2,1-6H3,(H,19,24). The molecule has 0 bridgehead atoms. The Morgan fingerprint density at radius 2 is 1.88 bits per heavy atom. The van der Waals surface area contributed by atoms with E-state index in [1.807, 2.05) is 27.7 Å². The first-order valence-corrected chi connectivity index (χ1v) is 8.23. The van der Waals surface area contributed by atoms with E-state index in [0.29, 0.717) is 29.1 Å². The van der Waals surface area contributed by atoms with Crippen LogP contribution in [0.15, 0.2) is 24.3 Å². The highest BCUT2D eigenvalue weighted by Crippen LogP contribution is 2.17. The highest BCUT2D eigenvalue weighted by atomic mass is 16.2. The number of hydrogen-bond acceptors (Lipinski definition) is 4. The minimum absolute atomic E-state index is 0.121. The third kappa shape index (κ3) is 4.23. The molecule has 1 aromatic carbocycles. The summed E-state index contributed by atoms with van der Waals surface area (Å²) in [5, 5.41) is 11.6. The van der Waals surface area contributed by atoms with Gasteiger partial charge in [0.25, 0.3) is 11.8 Å². The molecule has 1 N–H and O–H groups in total. The van der Waals surface area contributed by atoms with Crippen molar-refractivity contribution in [2.45, 2.75) is 39.7 Å². The summed E-state index contributed by atoms with van der Waals surface area (Å²) in [7, 11) is 3.37. The molecule has 7 heteroatoms. The number of carbonyl (C=O) groups excluding carboxylic acids is 2. The molecule has 0 atom stereocenters. The second kappa shape index (κ2) is 7.04. The molecule has 0 saturated carbocycles. The zero-order chi connectivity index (χ0) is 18.8. The Hall–Kier alpha value is -2.70. The lowest BCUT2D eigenvalue weighted by atomic mass is 10.1. The van der Waals surface area contributed by atoms with E-state index in [1.165, 1.54) is 4.90 Å². The van der Waals surface area contributed by atoms with Crippen molar-refractivity contribution in [3.05, 3.63) is 41.2 Å². The fourth-order valence-corrected chi connectivity index (χ4v) is 2.23. The van der Waals surface area contributed by atoms with E-state index >= 15 is 0 Å². The highest BCUT2D eigenvalue weighted by Gasteiger charge is 2.23. The molecule has 0 saturated heterocycles. The Balaban J connectivity index is 2.27. The van der Waals surface area contributed by atoms with Gasteiger partial charge in [-0.1, -0.05) is 13.0 Å². The minimum atomic E-state index is -0.332. The number of aryl methyl sites for hydroxylation is 1. The largest absolute Gasteiger partial charge is 0.345 e. The number of amides is 2. The quantitative estimate of drug-likeness (QED) is 0.925. The molecule has 0 spiro atoms. The molecule has 0 aliphatic heterocycles. The van der Waals surface area contributed by atoms with Crippen LogP contribution in [-0.4, -0.2) is 45.8 Å². The lowest BCUT2D eigenvalue weighted by molar-refractivity contribution is 0.0827. The molecular weight excluding hydrogens is 318 g/mol. The first-order chi connectivity index (χ1) is 11.6. The summed E-state index contributed by atoms with van der Waals surface area (Å²) in [6, 6.07) is 6.84. The van der Waals surface area contributed by atoms with Gasteiger partial charge in [-0.05, 0) is 45.4 Å². The smallest absolute Gasteiger partial charge is 0.278 e. The van der Waals surface area contributed by atoms with Crippen molar-refractivity contribution in [3.8, 4) is 0 Å². The van der Waals surface area contributed by atoms with Crippen molar-refractivity contribution in [2.75, 3.05) is 19.4 Å². The lowest BCUT2D eigenvalue weighted by Gasteiger charge is -2.16. The zero-order valence-corrected chi connectivity index (χ0v) is 15.6. The normalized spacial score (nSPS) is 11.3. The Morgan fingerprint density at radius 1 is 1.20 bits per heavy atom. The molecule has 1 heterocycles. The highest BCUT2D eigenvalue weighted by molar-refractivity contribution is 6.04. The van der Waals surface area contributed by atoms with Gasteiger partial charge in [-0.15, -0.1) is 5.10 Å². The number of nitrogens with one attached hydrogen (secondary N) is 1. The SMILES string of the molecule is CCc1nn(C(C)(C)C)nc1C(=O)Nc1cccc(C(=O)N(C)C)c1. The first kappa shape index (κ1) is 18.6. The van der Waals surface area contributed by atoms with E-state index in [2.05, 4.69) is 15.5 Å². The molecule has 0 fully saturated rings. The molecule has 0 aliphatic rings. The predicted molar refractivity (Wildman–Crippen MR) is 96.8 cm³/mol. The van der Waals surface area contributed by atoms with Crippen molar-refractivity contribution in [2.24, 2.45) is 0 Å². The Labute approximate surface area is 148 Å². The number of anilines is 1. The van der Waals surface area contributed by atoms with E-state index in [4.69, 9.17) is 0 Å². The van der Waals surface area contributed by atoms with Crippen LogP contribution >= 0.6 is 0 Å². The summed E-state index contributed by atoms with van der Waals surface area (Å²) in [5.74, 6) is -0.453. The monoisotopic (exact) mass is 343 g/mol. The summed E-state index contributed by atoms with van der Waals surface area (Å²) in [6.45, 7) is 7.86. The van der Waals surface area contributed by atoms with Crippen LogP contribution in [0.5, 0.6) is 0 Å². The van der Waals surface area contributed by atoms with Gasteiger partial charge in [0.05, 0.1) is 11.2 Å². The number of benzene rings is 1. The van der Waals surface area contributed by atoms with Crippen LogP contribution in [0.2, 0.25) is 0 Å². The van der Waals surface area contributed by atoms with Gasteiger partial charge in [-0.2, -0.15) is 9.90 Å². The van der Waals surface area contributed by atoms with Crippen LogP contribution < -0.4 is 5.32 Å². The van der Waals surface area contributed by atoms with Crippen molar-refractivity contribution in [1.82, 2.24) is 19.9 Å². The lowest BCUT2D eigenvalue weighted by Crippen LogP contribution is -2.25. The second-order valence-corrected chi connectivity index (χ2v) is 7.04. The maximum atomic E-state index is 12.6. The van der Waals surface area contributed by atoms with Crippen molar-refractivity contribution < 1.29 is 9.59 Å². The van der Waals surface area contributed by atoms with Gasteiger partial charge in [-0.25, -0.2) is 0 Å². The number of nitrogens with zero attached hydrogens (tertiary/aromatic N) is 4. The van der Waals surface area contributed by atoms with Gasteiger partial charge in [-0.3, -0.25) is 9.59 Å². The van der Waals surface area contributed by atoms with Gasteiger partial charge in [0.1, 0.15) is 0 Å². The molecule has 0 radical (unpaired) electrons. The van der Waals surface area contributed by atoms with Gasteiger partial charge < -0.3 is 10.2 Å². The fourth-order valence-electron chi connectivity index (χ4n) is 2.23. The Bertz CT molecular complexity index is 787. The molecular formula is C18H25N5O2. The van der Waals surface area contributed by atoms with E-state index in [1.54, 1.807) is 43.2 Å². The molecule has 25 heavy (non-hydrogen) atoms. The third-order valence-electron chi connectivity index (χ3n) is 3.61. The summed E-state index contributed by atoms with van der Waals surface area (Å²) in [5.41, 5.74) is 1.71. The topological polar surface area (TPSA) is 80.1 Å². The molecule has 0 aliphatic carbocycles. The van der Waals surface area contributed by atoms with Crippen LogP contribution in [0.4, 0.5) is 5.69 Å². The molecule has 2 amide bonds. The molecule has 134 valence electrons. The summed E-state index contributed by atoms with van der Waals surface area (Å²) in [4.78, 5) is 27.7. The average Bonchev–Trinajstić information content (AvgIpc) is 2.99. The summed E-state index contributed by atoms with van der Waals surface area (Å²) < 4.78 is 0. The van der Waals surface area contributed by atoms with Crippen LogP contribution in [0, 0.1) is 0 Å². The maximum absolute atomic E-state index is 12.6. The zero-order valence-electron chi connectivity index (χ0n) is 15.6. The molecule has 2 aromatic rings. The summed E-state index contributed by atoms with van der Waals surface area (Å²) >= 11 is 0. The van der Waals surface area contributed by atoms with Crippen molar-refractivity contribution >= 4 is 17.5 Å². The fraction of sp³-hybridized carbons (Fsp3) is 0.444. The first-order valence-electron chi connectivity index (χ1n) is 8.23. The molecule has 1 aromatic heterocycles. The van der Waals surface area contributed by atoms with Crippen LogP contribution in [0.1, 0.15) is 54.2 Å².